The van der Waals surface area contributed by atoms with Crippen molar-refractivity contribution in [2.45, 2.75) is 6.42 Å². The SMILES string of the molecule is O=c1[nH]c(=S)[nH]c(-c2ccccc2)c1Cc1cccc2ccccc12. The third kappa shape index (κ3) is 3.04. The van der Waals surface area contributed by atoms with Gasteiger partial charge in [0.25, 0.3) is 5.56 Å². The monoisotopic (exact) mass is 344 g/mol. The van der Waals surface area contributed by atoms with Crippen LogP contribution in [0.15, 0.2) is 77.6 Å². The van der Waals surface area contributed by atoms with Gasteiger partial charge in [-0.1, -0.05) is 72.8 Å². The average Bonchev–Trinajstić information content (AvgIpc) is 2.64. The molecule has 0 radical (unpaired) electrons. The molecular formula is C21H16N2OS. The van der Waals surface area contributed by atoms with Gasteiger partial charge in [0.2, 0.25) is 0 Å². The average molecular weight is 344 g/mol. The first kappa shape index (κ1) is 15.5. The number of nitrogens with one attached hydrogen (secondary N) is 2. The first-order chi connectivity index (χ1) is 12.2. The Bertz CT molecular complexity index is 1150. The van der Waals surface area contributed by atoms with Gasteiger partial charge in [-0.25, -0.2) is 0 Å². The lowest BCUT2D eigenvalue weighted by molar-refractivity contribution is 1.02. The fraction of sp³-hybridized carbons (Fsp3) is 0.0476. The lowest BCUT2D eigenvalue weighted by Crippen LogP contribution is -2.16. The Morgan fingerprint density at radius 3 is 2.36 bits per heavy atom. The van der Waals surface area contributed by atoms with E-state index in [9.17, 15) is 4.79 Å². The van der Waals surface area contributed by atoms with E-state index in [4.69, 9.17) is 12.2 Å². The van der Waals surface area contributed by atoms with Crippen LogP contribution in [0.4, 0.5) is 0 Å². The number of rotatable bonds is 3. The fourth-order valence-electron chi connectivity index (χ4n) is 3.17. The molecule has 3 nitrogen and oxygen atoms in total. The molecule has 25 heavy (non-hydrogen) atoms. The largest absolute Gasteiger partial charge is 0.331 e. The minimum Gasteiger partial charge on any atom is -0.331 e. The highest BCUT2D eigenvalue weighted by molar-refractivity contribution is 7.71. The highest BCUT2D eigenvalue weighted by Crippen LogP contribution is 2.24. The molecule has 0 aliphatic rings. The smallest absolute Gasteiger partial charge is 0.255 e. The van der Waals surface area contributed by atoms with E-state index in [1.807, 2.05) is 48.5 Å². The summed E-state index contributed by atoms with van der Waals surface area (Å²) in [6.45, 7) is 0. The summed E-state index contributed by atoms with van der Waals surface area (Å²) >= 11 is 5.18. The van der Waals surface area contributed by atoms with Gasteiger partial charge in [-0.15, -0.1) is 0 Å². The van der Waals surface area contributed by atoms with Gasteiger partial charge in [0, 0.05) is 12.0 Å². The van der Waals surface area contributed by atoms with Crippen LogP contribution in [-0.2, 0) is 6.42 Å². The van der Waals surface area contributed by atoms with E-state index in [1.165, 1.54) is 5.39 Å². The first-order valence-electron chi connectivity index (χ1n) is 8.10. The van der Waals surface area contributed by atoms with Crippen molar-refractivity contribution in [2.24, 2.45) is 0 Å². The van der Waals surface area contributed by atoms with Crippen molar-refractivity contribution < 1.29 is 0 Å². The summed E-state index contributed by atoms with van der Waals surface area (Å²) in [5.41, 5.74) is 3.40. The quantitative estimate of drug-likeness (QED) is 0.522. The predicted octanol–water partition coefficient (Wildman–Crippen LogP) is 4.84. The molecule has 122 valence electrons. The van der Waals surface area contributed by atoms with E-state index in [0.717, 1.165) is 22.2 Å². The number of aromatic amines is 2. The van der Waals surface area contributed by atoms with Crippen LogP contribution in [-0.4, -0.2) is 9.97 Å². The minimum atomic E-state index is -0.143. The summed E-state index contributed by atoms with van der Waals surface area (Å²) in [4.78, 5) is 18.5. The molecule has 0 bridgehead atoms. The van der Waals surface area contributed by atoms with E-state index in [2.05, 4.69) is 34.2 Å². The van der Waals surface area contributed by atoms with E-state index in [0.29, 0.717) is 16.8 Å². The zero-order valence-electron chi connectivity index (χ0n) is 13.5. The highest BCUT2D eigenvalue weighted by Gasteiger charge is 2.12. The number of hydrogen-bond donors (Lipinski definition) is 2. The maximum absolute atomic E-state index is 12.6. The van der Waals surface area contributed by atoms with Gasteiger partial charge >= 0.3 is 0 Å². The minimum absolute atomic E-state index is 0.143. The van der Waals surface area contributed by atoms with Crippen molar-refractivity contribution in [1.29, 1.82) is 0 Å². The van der Waals surface area contributed by atoms with Crippen molar-refractivity contribution >= 4 is 23.0 Å². The predicted molar refractivity (Wildman–Crippen MR) is 104 cm³/mol. The Hall–Kier alpha value is -2.98. The van der Waals surface area contributed by atoms with Crippen molar-refractivity contribution in [3.63, 3.8) is 0 Å². The van der Waals surface area contributed by atoms with Gasteiger partial charge < -0.3 is 4.98 Å². The molecule has 0 aliphatic heterocycles. The van der Waals surface area contributed by atoms with Gasteiger partial charge in [-0.3, -0.25) is 9.78 Å². The summed E-state index contributed by atoms with van der Waals surface area (Å²) in [5.74, 6) is 0. The third-order valence-electron chi connectivity index (χ3n) is 4.35. The van der Waals surface area contributed by atoms with Gasteiger partial charge in [0.15, 0.2) is 4.77 Å². The summed E-state index contributed by atoms with van der Waals surface area (Å²) < 4.78 is 0.338. The molecule has 4 heteroatoms. The molecular weight excluding hydrogens is 328 g/mol. The Balaban J connectivity index is 1.91. The molecule has 0 saturated heterocycles. The molecule has 0 amide bonds. The van der Waals surface area contributed by atoms with Gasteiger partial charge in [-0.2, -0.15) is 0 Å². The molecule has 0 fully saturated rings. The van der Waals surface area contributed by atoms with Crippen LogP contribution in [0.3, 0.4) is 0 Å². The van der Waals surface area contributed by atoms with Crippen LogP contribution < -0.4 is 5.56 Å². The number of benzene rings is 3. The zero-order valence-corrected chi connectivity index (χ0v) is 14.3. The van der Waals surface area contributed by atoms with Crippen molar-refractivity contribution in [3.05, 3.63) is 99.0 Å². The summed E-state index contributed by atoms with van der Waals surface area (Å²) in [5, 5.41) is 2.33. The Morgan fingerprint density at radius 2 is 1.52 bits per heavy atom. The molecule has 1 heterocycles. The normalized spacial score (nSPS) is 10.9. The van der Waals surface area contributed by atoms with E-state index < -0.39 is 0 Å². The second-order valence-electron chi connectivity index (χ2n) is 5.94. The number of H-pyrrole nitrogens is 2. The molecule has 0 aliphatic carbocycles. The number of aromatic nitrogens is 2. The molecule has 3 aromatic carbocycles. The van der Waals surface area contributed by atoms with Crippen molar-refractivity contribution in [1.82, 2.24) is 9.97 Å². The van der Waals surface area contributed by atoms with Crippen LogP contribution in [0.2, 0.25) is 0 Å². The molecule has 0 saturated carbocycles. The highest BCUT2D eigenvalue weighted by atomic mass is 32.1. The molecule has 0 atom stereocenters. The second-order valence-corrected chi connectivity index (χ2v) is 6.35. The van der Waals surface area contributed by atoms with Crippen molar-refractivity contribution in [3.8, 4) is 11.3 Å². The Kier molecular flexibility index (Phi) is 4.04. The summed E-state index contributed by atoms with van der Waals surface area (Å²) in [7, 11) is 0. The van der Waals surface area contributed by atoms with Crippen LogP contribution in [0.1, 0.15) is 11.1 Å². The summed E-state index contributed by atoms with van der Waals surface area (Å²) in [6.07, 6.45) is 0.535. The van der Waals surface area contributed by atoms with Crippen molar-refractivity contribution in [2.75, 3.05) is 0 Å². The lowest BCUT2D eigenvalue weighted by Gasteiger charge is -2.11. The Morgan fingerprint density at radius 1 is 0.800 bits per heavy atom. The molecule has 0 spiro atoms. The standard InChI is InChI=1S/C21H16N2OS/c24-20-18(13-16-11-6-10-14-7-4-5-12-17(14)16)19(22-21(25)23-20)15-8-2-1-3-9-15/h1-12H,13H2,(H2,22,23,24,25). The maximum Gasteiger partial charge on any atom is 0.255 e. The van der Waals surface area contributed by atoms with Crippen LogP contribution in [0.25, 0.3) is 22.0 Å². The maximum atomic E-state index is 12.6. The Labute approximate surface area is 150 Å². The van der Waals surface area contributed by atoms with Crippen LogP contribution in [0, 0.1) is 4.77 Å². The van der Waals surface area contributed by atoms with Crippen LogP contribution in [0.5, 0.6) is 0 Å². The molecule has 0 unspecified atom stereocenters. The van der Waals surface area contributed by atoms with Gasteiger partial charge in [0.1, 0.15) is 0 Å². The van der Waals surface area contributed by atoms with Gasteiger partial charge in [-0.05, 0) is 34.1 Å². The van der Waals surface area contributed by atoms with E-state index in [1.54, 1.807) is 0 Å². The van der Waals surface area contributed by atoms with Gasteiger partial charge in [0.05, 0.1) is 5.69 Å². The number of fused-ring (bicyclic) bond motifs is 1. The first-order valence-corrected chi connectivity index (χ1v) is 8.51. The topological polar surface area (TPSA) is 48.6 Å². The van der Waals surface area contributed by atoms with E-state index in [-0.39, 0.29) is 5.56 Å². The lowest BCUT2D eigenvalue weighted by atomic mass is 9.96. The fourth-order valence-corrected chi connectivity index (χ4v) is 3.36. The molecule has 1 aromatic heterocycles. The summed E-state index contributed by atoms with van der Waals surface area (Å²) in [6, 6.07) is 24.2. The molecule has 2 N–H and O–H groups in total. The molecule has 4 rings (SSSR count). The number of hydrogen-bond acceptors (Lipinski definition) is 2. The second kappa shape index (κ2) is 6.49. The van der Waals surface area contributed by atoms with Crippen LogP contribution >= 0.6 is 12.2 Å². The third-order valence-corrected chi connectivity index (χ3v) is 4.56. The zero-order chi connectivity index (χ0) is 17.2. The molecule has 4 aromatic rings. The van der Waals surface area contributed by atoms with E-state index >= 15 is 0 Å².